The van der Waals surface area contributed by atoms with Gasteiger partial charge in [0.05, 0.1) is 5.52 Å². The smallest absolute Gasteiger partial charge is 0.241 e. The second-order valence-corrected chi connectivity index (χ2v) is 3.16. The molecule has 15 heavy (non-hydrogen) atoms. The first-order chi connectivity index (χ1) is 7.27. The average Bonchev–Trinajstić information content (AvgIpc) is 2.26. The Morgan fingerprint density at radius 3 is 2.87 bits per heavy atom. The normalized spacial score (nSPS) is 10.9. The van der Waals surface area contributed by atoms with Gasteiger partial charge in [0.25, 0.3) is 0 Å². The zero-order chi connectivity index (χ0) is 10.7. The summed E-state index contributed by atoms with van der Waals surface area (Å²) in [6.45, 7) is 0. The maximum absolute atomic E-state index is 10.6. The molecule has 0 spiro atoms. The van der Waals surface area contributed by atoms with Crippen LogP contribution in [0.3, 0.4) is 0 Å². The van der Waals surface area contributed by atoms with Crippen molar-refractivity contribution in [2.75, 3.05) is 0 Å². The zero-order valence-corrected chi connectivity index (χ0v) is 8.05. The van der Waals surface area contributed by atoms with Crippen molar-refractivity contribution in [3.63, 3.8) is 0 Å². The lowest BCUT2D eigenvalue weighted by Crippen LogP contribution is -2.05. The third-order valence-electron chi connectivity index (χ3n) is 2.09. The van der Waals surface area contributed by atoms with Gasteiger partial charge in [-0.2, -0.15) is 0 Å². The van der Waals surface area contributed by atoms with Crippen molar-refractivity contribution < 1.29 is 4.79 Å². The number of amides is 1. The maximum atomic E-state index is 10.6. The Bertz CT molecular complexity index is 527. The van der Waals surface area contributed by atoms with Gasteiger partial charge in [0, 0.05) is 23.2 Å². The first kappa shape index (κ1) is 9.40. The molecule has 0 saturated heterocycles. The van der Waals surface area contributed by atoms with E-state index in [1.807, 2.05) is 30.3 Å². The molecule has 0 aliphatic carbocycles. The number of aromatic nitrogens is 1. The van der Waals surface area contributed by atoms with Gasteiger partial charge in [0.2, 0.25) is 5.91 Å². The predicted molar refractivity (Wildman–Crippen MR) is 60.0 cm³/mol. The molecule has 1 heterocycles. The van der Waals surface area contributed by atoms with Crippen LogP contribution >= 0.6 is 0 Å². The van der Waals surface area contributed by atoms with E-state index in [4.69, 9.17) is 5.73 Å². The lowest BCUT2D eigenvalue weighted by atomic mass is 10.1. The van der Waals surface area contributed by atoms with Crippen molar-refractivity contribution in [2.24, 2.45) is 5.73 Å². The van der Waals surface area contributed by atoms with Gasteiger partial charge in [0.15, 0.2) is 0 Å². The van der Waals surface area contributed by atoms with E-state index in [1.54, 1.807) is 12.3 Å². The van der Waals surface area contributed by atoms with Gasteiger partial charge in [-0.25, -0.2) is 0 Å². The second-order valence-electron chi connectivity index (χ2n) is 3.16. The Labute approximate surface area is 87.2 Å². The van der Waals surface area contributed by atoms with E-state index >= 15 is 0 Å². The van der Waals surface area contributed by atoms with E-state index in [0.717, 1.165) is 16.5 Å². The highest BCUT2D eigenvalue weighted by molar-refractivity contribution is 5.94. The van der Waals surface area contributed by atoms with Gasteiger partial charge in [-0.3, -0.25) is 9.78 Å². The maximum Gasteiger partial charge on any atom is 0.241 e. The number of hydrogen-bond donors (Lipinski definition) is 1. The van der Waals surface area contributed by atoms with Crippen LogP contribution in [0.25, 0.3) is 17.0 Å². The summed E-state index contributed by atoms with van der Waals surface area (Å²) in [5.74, 6) is -0.456. The molecule has 3 nitrogen and oxygen atoms in total. The molecular weight excluding hydrogens is 188 g/mol. The van der Waals surface area contributed by atoms with Crippen LogP contribution in [0.4, 0.5) is 0 Å². The lowest BCUT2D eigenvalue weighted by molar-refractivity contribution is -0.113. The number of carbonyl (C=O) groups excluding carboxylic acids is 1. The third-order valence-corrected chi connectivity index (χ3v) is 2.09. The van der Waals surface area contributed by atoms with Crippen molar-refractivity contribution >= 4 is 22.9 Å². The minimum absolute atomic E-state index is 0.456. The zero-order valence-electron chi connectivity index (χ0n) is 8.05. The second kappa shape index (κ2) is 3.92. The minimum Gasteiger partial charge on any atom is -0.366 e. The van der Waals surface area contributed by atoms with E-state index in [1.165, 1.54) is 6.08 Å². The standard InChI is InChI=1S/C12H10N2O/c13-11(15)7-6-10-4-1-3-9-5-2-8-14-12(9)10/h1-8H,(H2,13,15). The van der Waals surface area contributed by atoms with Gasteiger partial charge in [-0.05, 0) is 12.1 Å². The van der Waals surface area contributed by atoms with E-state index in [0.29, 0.717) is 0 Å². The van der Waals surface area contributed by atoms with Crippen LogP contribution in [0.2, 0.25) is 0 Å². The van der Waals surface area contributed by atoms with E-state index < -0.39 is 5.91 Å². The number of para-hydroxylation sites is 1. The topological polar surface area (TPSA) is 56.0 Å². The van der Waals surface area contributed by atoms with Crippen LogP contribution in [0.1, 0.15) is 5.56 Å². The Morgan fingerprint density at radius 2 is 2.07 bits per heavy atom. The summed E-state index contributed by atoms with van der Waals surface area (Å²) in [5.41, 5.74) is 6.81. The number of rotatable bonds is 2. The number of benzene rings is 1. The molecule has 0 fully saturated rings. The van der Waals surface area contributed by atoms with Crippen LogP contribution < -0.4 is 5.73 Å². The first-order valence-corrected chi connectivity index (χ1v) is 4.58. The Balaban J connectivity index is 2.56. The number of pyridine rings is 1. The fraction of sp³-hybridized carbons (Fsp3) is 0. The van der Waals surface area contributed by atoms with Crippen LogP contribution in [0.5, 0.6) is 0 Å². The van der Waals surface area contributed by atoms with E-state index in [9.17, 15) is 4.79 Å². The highest BCUT2D eigenvalue weighted by atomic mass is 16.1. The summed E-state index contributed by atoms with van der Waals surface area (Å²) < 4.78 is 0. The molecule has 1 amide bonds. The van der Waals surface area contributed by atoms with Crippen molar-refractivity contribution in [3.8, 4) is 0 Å². The molecule has 3 heteroatoms. The lowest BCUT2D eigenvalue weighted by Gasteiger charge is -1.99. The highest BCUT2D eigenvalue weighted by Gasteiger charge is 1.97. The summed E-state index contributed by atoms with van der Waals surface area (Å²) in [5, 5.41) is 1.05. The Kier molecular flexibility index (Phi) is 2.46. The van der Waals surface area contributed by atoms with Crippen LogP contribution in [0.15, 0.2) is 42.6 Å². The molecule has 0 saturated carbocycles. The molecule has 2 rings (SSSR count). The van der Waals surface area contributed by atoms with Crippen molar-refractivity contribution in [1.29, 1.82) is 0 Å². The molecular formula is C12H10N2O. The monoisotopic (exact) mass is 198 g/mol. The SMILES string of the molecule is NC(=O)C=Cc1cccc2cccnc12. The number of nitrogens with zero attached hydrogens (tertiary/aromatic N) is 1. The molecule has 74 valence electrons. The molecule has 2 aromatic rings. The number of nitrogens with two attached hydrogens (primary N) is 1. The largest absolute Gasteiger partial charge is 0.366 e. The third kappa shape index (κ3) is 2.02. The molecule has 0 bridgehead atoms. The molecule has 0 aliphatic heterocycles. The van der Waals surface area contributed by atoms with Crippen LogP contribution in [-0.4, -0.2) is 10.9 Å². The summed E-state index contributed by atoms with van der Waals surface area (Å²) >= 11 is 0. The van der Waals surface area contributed by atoms with E-state index in [-0.39, 0.29) is 0 Å². The van der Waals surface area contributed by atoms with Gasteiger partial charge < -0.3 is 5.73 Å². The molecule has 0 radical (unpaired) electrons. The number of hydrogen-bond acceptors (Lipinski definition) is 2. The number of carbonyl (C=O) groups is 1. The summed E-state index contributed by atoms with van der Waals surface area (Å²) in [7, 11) is 0. The average molecular weight is 198 g/mol. The summed E-state index contributed by atoms with van der Waals surface area (Å²) in [6, 6.07) is 9.65. The summed E-state index contributed by atoms with van der Waals surface area (Å²) in [6.07, 6.45) is 4.74. The predicted octanol–water partition coefficient (Wildman–Crippen LogP) is 1.73. The van der Waals surface area contributed by atoms with Crippen molar-refractivity contribution in [3.05, 3.63) is 48.2 Å². The van der Waals surface area contributed by atoms with Crippen LogP contribution in [0, 0.1) is 0 Å². The van der Waals surface area contributed by atoms with Gasteiger partial charge in [-0.15, -0.1) is 0 Å². The summed E-state index contributed by atoms with van der Waals surface area (Å²) in [4.78, 5) is 14.9. The number of primary amides is 1. The highest BCUT2D eigenvalue weighted by Crippen LogP contribution is 2.16. The Hall–Kier alpha value is -2.16. The van der Waals surface area contributed by atoms with Gasteiger partial charge in [-0.1, -0.05) is 24.3 Å². The molecule has 1 aromatic heterocycles. The number of fused-ring (bicyclic) bond motifs is 1. The molecule has 0 unspecified atom stereocenters. The first-order valence-electron chi connectivity index (χ1n) is 4.58. The van der Waals surface area contributed by atoms with Crippen molar-refractivity contribution in [2.45, 2.75) is 0 Å². The van der Waals surface area contributed by atoms with E-state index in [2.05, 4.69) is 4.98 Å². The quantitative estimate of drug-likeness (QED) is 0.747. The van der Waals surface area contributed by atoms with Gasteiger partial charge >= 0.3 is 0 Å². The molecule has 2 N–H and O–H groups in total. The molecule has 1 aromatic carbocycles. The molecule has 0 atom stereocenters. The van der Waals surface area contributed by atoms with Crippen molar-refractivity contribution in [1.82, 2.24) is 4.98 Å². The van der Waals surface area contributed by atoms with Crippen LogP contribution in [-0.2, 0) is 4.79 Å². The van der Waals surface area contributed by atoms with Gasteiger partial charge in [0.1, 0.15) is 0 Å². The molecule has 0 aliphatic rings. The fourth-order valence-corrected chi connectivity index (χ4v) is 1.43. The Morgan fingerprint density at radius 1 is 1.27 bits per heavy atom. The fourth-order valence-electron chi connectivity index (χ4n) is 1.43. The minimum atomic E-state index is -0.456.